The van der Waals surface area contributed by atoms with E-state index >= 15 is 0 Å². The smallest absolute Gasteiger partial charge is 0.264 e. The quantitative estimate of drug-likeness (QED) is 0.761. The number of amides is 1. The molecular formula is C21H20N4OS. The van der Waals surface area contributed by atoms with Crippen molar-refractivity contribution in [3.63, 3.8) is 0 Å². The summed E-state index contributed by atoms with van der Waals surface area (Å²) in [7, 11) is 0. The van der Waals surface area contributed by atoms with Crippen molar-refractivity contribution in [3.05, 3.63) is 71.0 Å². The molecule has 0 radical (unpaired) electrons. The fourth-order valence-electron chi connectivity index (χ4n) is 4.01. The van der Waals surface area contributed by atoms with Crippen LogP contribution in [0, 0.1) is 0 Å². The van der Waals surface area contributed by atoms with Gasteiger partial charge in [0.25, 0.3) is 5.91 Å². The normalized spacial score (nSPS) is 18.4. The molecule has 1 amide bonds. The summed E-state index contributed by atoms with van der Waals surface area (Å²) in [5, 5.41) is 4.18. The van der Waals surface area contributed by atoms with E-state index in [1.54, 1.807) is 0 Å². The van der Waals surface area contributed by atoms with E-state index in [1.165, 1.54) is 11.3 Å². The molecule has 27 heavy (non-hydrogen) atoms. The van der Waals surface area contributed by atoms with Crippen molar-refractivity contribution in [1.29, 1.82) is 0 Å². The number of likely N-dealkylation sites (tertiary alicyclic amines) is 1. The summed E-state index contributed by atoms with van der Waals surface area (Å²) in [5.41, 5.74) is 2.81. The van der Waals surface area contributed by atoms with Crippen LogP contribution in [0.15, 0.2) is 54.7 Å². The van der Waals surface area contributed by atoms with Gasteiger partial charge in [0, 0.05) is 31.4 Å². The summed E-state index contributed by atoms with van der Waals surface area (Å²) >= 11 is 1.51. The molecule has 1 N–H and O–H groups in total. The Labute approximate surface area is 162 Å². The Bertz CT molecular complexity index is 962. The second-order valence-electron chi connectivity index (χ2n) is 7.20. The lowest BCUT2D eigenvalue weighted by Gasteiger charge is -2.38. The summed E-state index contributed by atoms with van der Waals surface area (Å²) in [6.07, 6.45) is 3.61. The number of pyridine rings is 1. The monoisotopic (exact) mass is 376 g/mol. The van der Waals surface area contributed by atoms with E-state index in [2.05, 4.69) is 21.3 Å². The molecule has 2 aromatic heterocycles. The van der Waals surface area contributed by atoms with Crippen molar-refractivity contribution in [2.24, 2.45) is 0 Å². The van der Waals surface area contributed by atoms with E-state index in [9.17, 15) is 4.79 Å². The lowest BCUT2D eigenvalue weighted by Crippen LogP contribution is -2.49. The summed E-state index contributed by atoms with van der Waals surface area (Å²) in [6, 6.07) is 16.1. The number of hydrogen-bond acceptors (Lipinski definition) is 5. The summed E-state index contributed by atoms with van der Waals surface area (Å²) < 4.78 is 0. The van der Waals surface area contributed by atoms with Crippen molar-refractivity contribution >= 4 is 17.2 Å². The van der Waals surface area contributed by atoms with Crippen LogP contribution in [0.25, 0.3) is 10.6 Å². The molecule has 0 saturated carbocycles. The summed E-state index contributed by atoms with van der Waals surface area (Å²) in [4.78, 5) is 25.1. The van der Waals surface area contributed by atoms with Gasteiger partial charge in [-0.15, -0.1) is 11.3 Å². The van der Waals surface area contributed by atoms with Crippen molar-refractivity contribution < 1.29 is 4.79 Å². The van der Waals surface area contributed by atoms with E-state index in [0.717, 1.165) is 59.3 Å². The lowest BCUT2D eigenvalue weighted by atomic mass is 9.86. The molecule has 2 aliphatic rings. The summed E-state index contributed by atoms with van der Waals surface area (Å²) in [5.74, 6) is 0.0304. The highest BCUT2D eigenvalue weighted by Crippen LogP contribution is 2.43. The minimum Gasteiger partial charge on any atom is -0.340 e. The van der Waals surface area contributed by atoms with Gasteiger partial charge in [-0.05, 0) is 25.0 Å². The fraction of sp³-hybridized carbons (Fsp3) is 0.286. The zero-order valence-electron chi connectivity index (χ0n) is 14.9. The van der Waals surface area contributed by atoms with Crippen molar-refractivity contribution in [1.82, 2.24) is 20.2 Å². The van der Waals surface area contributed by atoms with Gasteiger partial charge in [-0.3, -0.25) is 14.7 Å². The van der Waals surface area contributed by atoms with Crippen LogP contribution in [0.3, 0.4) is 0 Å². The Balaban J connectivity index is 1.37. The Hall–Kier alpha value is -2.57. The fourth-order valence-corrected chi connectivity index (χ4v) is 5.08. The van der Waals surface area contributed by atoms with E-state index < -0.39 is 0 Å². The predicted molar refractivity (Wildman–Crippen MR) is 105 cm³/mol. The third-order valence-corrected chi connectivity index (χ3v) is 6.58. The van der Waals surface area contributed by atoms with Gasteiger partial charge < -0.3 is 5.32 Å². The lowest BCUT2D eigenvalue weighted by molar-refractivity contribution is 0.0852. The average Bonchev–Trinajstić information content (AvgIpc) is 3.26. The van der Waals surface area contributed by atoms with Gasteiger partial charge in [0.2, 0.25) is 0 Å². The third-order valence-electron chi connectivity index (χ3n) is 5.48. The van der Waals surface area contributed by atoms with E-state index in [-0.39, 0.29) is 11.4 Å². The molecule has 6 heteroatoms. The van der Waals surface area contributed by atoms with Gasteiger partial charge in [-0.25, -0.2) is 4.98 Å². The van der Waals surface area contributed by atoms with Crippen molar-refractivity contribution in [2.75, 3.05) is 13.1 Å². The van der Waals surface area contributed by atoms with Gasteiger partial charge >= 0.3 is 0 Å². The molecular weight excluding hydrogens is 356 g/mol. The van der Waals surface area contributed by atoms with E-state index in [1.807, 2.05) is 48.7 Å². The maximum absolute atomic E-state index is 12.6. The molecule has 1 spiro atoms. The highest BCUT2D eigenvalue weighted by atomic mass is 32.1. The molecule has 5 nitrogen and oxygen atoms in total. The first-order valence-corrected chi connectivity index (χ1v) is 10.1. The number of nitrogens with one attached hydrogen (secondary N) is 1. The first kappa shape index (κ1) is 16.6. The molecule has 0 bridgehead atoms. The van der Waals surface area contributed by atoms with Crippen LogP contribution in [0.2, 0.25) is 0 Å². The molecule has 1 aromatic carbocycles. The standard InChI is InChI=1S/C21H20N4OS/c26-19-17-18(23-20(27-17)15-6-2-1-3-7-15)21(24-19)9-12-25(13-10-21)14-16-8-4-5-11-22-16/h1-8,11H,9-10,12-14H2,(H,24,26). The minimum atomic E-state index is -0.309. The zero-order chi connectivity index (χ0) is 18.3. The number of piperidine rings is 1. The third kappa shape index (κ3) is 2.95. The molecule has 0 aliphatic carbocycles. The average molecular weight is 376 g/mol. The molecule has 5 rings (SSSR count). The molecule has 0 atom stereocenters. The van der Waals surface area contributed by atoms with Gasteiger partial charge in [-0.2, -0.15) is 0 Å². The predicted octanol–water partition coefficient (Wildman–Crippen LogP) is 3.44. The first-order valence-electron chi connectivity index (χ1n) is 9.25. The molecule has 0 unspecified atom stereocenters. The Morgan fingerprint density at radius 3 is 2.59 bits per heavy atom. The van der Waals surface area contributed by atoms with Crippen LogP contribution in [-0.2, 0) is 12.1 Å². The van der Waals surface area contributed by atoms with Crippen LogP contribution < -0.4 is 5.32 Å². The number of fused-ring (bicyclic) bond motifs is 2. The molecule has 4 heterocycles. The van der Waals surface area contributed by atoms with Crippen LogP contribution >= 0.6 is 11.3 Å². The maximum Gasteiger partial charge on any atom is 0.264 e. The van der Waals surface area contributed by atoms with Crippen LogP contribution in [0.1, 0.15) is 33.9 Å². The number of carbonyl (C=O) groups excluding carboxylic acids is 1. The highest BCUT2D eigenvalue weighted by molar-refractivity contribution is 7.17. The molecule has 3 aromatic rings. The second-order valence-corrected chi connectivity index (χ2v) is 8.20. The molecule has 1 fully saturated rings. The largest absolute Gasteiger partial charge is 0.340 e. The van der Waals surface area contributed by atoms with E-state index in [0.29, 0.717) is 0 Å². The molecule has 2 aliphatic heterocycles. The number of carbonyl (C=O) groups is 1. The zero-order valence-corrected chi connectivity index (χ0v) is 15.7. The van der Waals surface area contributed by atoms with Crippen molar-refractivity contribution in [3.8, 4) is 10.6 Å². The van der Waals surface area contributed by atoms with Crippen LogP contribution in [0.4, 0.5) is 0 Å². The SMILES string of the molecule is O=C1NC2(CCN(Cc3ccccn3)CC2)c2nc(-c3ccccc3)sc21. The Morgan fingerprint density at radius 1 is 1.07 bits per heavy atom. The van der Waals surface area contributed by atoms with Gasteiger partial charge in [0.05, 0.1) is 16.9 Å². The number of nitrogens with zero attached hydrogens (tertiary/aromatic N) is 3. The van der Waals surface area contributed by atoms with E-state index in [4.69, 9.17) is 4.98 Å². The number of benzene rings is 1. The Kier molecular flexibility index (Phi) is 4.02. The summed E-state index contributed by atoms with van der Waals surface area (Å²) in [6.45, 7) is 2.70. The van der Waals surface area contributed by atoms with Crippen molar-refractivity contribution in [2.45, 2.75) is 24.9 Å². The molecule has 1 saturated heterocycles. The number of aromatic nitrogens is 2. The minimum absolute atomic E-state index is 0.0304. The van der Waals surface area contributed by atoms with Gasteiger partial charge in [-0.1, -0.05) is 36.4 Å². The Morgan fingerprint density at radius 2 is 1.85 bits per heavy atom. The van der Waals surface area contributed by atoms with Gasteiger partial charge in [0.1, 0.15) is 9.88 Å². The van der Waals surface area contributed by atoms with Crippen LogP contribution in [0.5, 0.6) is 0 Å². The molecule has 136 valence electrons. The van der Waals surface area contributed by atoms with Gasteiger partial charge in [0.15, 0.2) is 0 Å². The highest BCUT2D eigenvalue weighted by Gasteiger charge is 2.47. The van der Waals surface area contributed by atoms with Crippen LogP contribution in [-0.4, -0.2) is 33.9 Å². The topological polar surface area (TPSA) is 58.1 Å². The number of rotatable bonds is 3. The first-order chi connectivity index (χ1) is 13.2. The number of hydrogen-bond donors (Lipinski definition) is 1. The maximum atomic E-state index is 12.6. The number of thiazole rings is 1. The second kappa shape index (κ2) is 6.55.